The lowest BCUT2D eigenvalue weighted by Gasteiger charge is -2.31. The van der Waals surface area contributed by atoms with Crippen LogP contribution in [-0.2, 0) is 96.1 Å². The number of aliphatic hydroxyl groups is 3. The molecule has 0 radical (unpaired) electrons. The molecular formula is C113H157F9N8O9. The highest BCUT2D eigenvalue weighted by molar-refractivity contribution is 5.77. The summed E-state index contributed by atoms with van der Waals surface area (Å²) in [6.45, 7) is 37.3. The molecule has 1 fully saturated rings. The van der Waals surface area contributed by atoms with Crippen molar-refractivity contribution < 1.29 is 83.4 Å². The van der Waals surface area contributed by atoms with E-state index < -0.39 is 119 Å². The number of halogens is 9. The zero-order valence-corrected chi connectivity index (χ0v) is 84.3. The second-order valence-electron chi connectivity index (χ2n) is 45.1. The van der Waals surface area contributed by atoms with Gasteiger partial charge in [0.1, 0.15) is 63.8 Å². The normalized spacial score (nSPS) is 18.3. The van der Waals surface area contributed by atoms with Gasteiger partial charge in [-0.15, -0.1) is 0 Å². The fourth-order valence-electron chi connectivity index (χ4n) is 18.6. The highest BCUT2D eigenvalue weighted by Crippen LogP contribution is 2.38. The molecule has 8 aromatic carbocycles. The number of alkyl halides is 1. The zero-order valence-electron chi connectivity index (χ0n) is 84.3. The number of aryl methyl sites for hydroxylation is 4. The van der Waals surface area contributed by atoms with Gasteiger partial charge in [-0.3, -0.25) is 4.79 Å². The van der Waals surface area contributed by atoms with Gasteiger partial charge >= 0.3 is 12.2 Å². The number of hydrogen-bond acceptors (Lipinski definition) is 14. The second-order valence-corrected chi connectivity index (χ2v) is 45.1. The first-order chi connectivity index (χ1) is 64.5. The molecule has 1 aliphatic heterocycles. The van der Waals surface area contributed by atoms with Gasteiger partial charge < -0.3 is 72.9 Å². The fraction of sp³-hybridized carbons (Fsp3) is 0.549. The molecule has 17 nitrogen and oxygen atoms in total. The van der Waals surface area contributed by atoms with Crippen LogP contribution >= 0.6 is 0 Å². The quantitative estimate of drug-likeness (QED) is 0.0154. The summed E-state index contributed by atoms with van der Waals surface area (Å²) in [5.74, 6) is -6.33. The van der Waals surface area contributed by atoms with Crippen LogP contribution in [0, 0.1) is 68.2 Å². The number of carbonyl (C=O) groups is 3. The molecule has 4 aliphatic carbocycles. The Balaban J connectivity index is 0.000000218. The van der Waals surface area contributed by atoms with E-state index in [4.69, 9.17) is 25.7 Å². The molecule has 8 aromatic rings. The first-order valence-electron chi connectivity index (χ1n) is 49.0. The number of alkyl carbamates (subject to hydrolysis) is 2. The molecule has 0 spiro atoms. The fourth-order valence-corrected chi connectivity index (χ4v) is 18.6. The second kappa shape index (κ2) is 51.6. The Hall–Kier alpha value is -9.22. The summed E-state index contributed by atoms with van der Waals surface area (Å²) in [6, 6.07) is 37.8. The van der Waals surface area contributed by atoms with Gasteiger partial charge in [-0.25, -0.2) is 49.1 Å². The van der Waals surface area contributed by atoms with E-state index in [-0.39, 0.29) is 104 Å². The van der Waals surface area contributed by atoms with Crippen LogP contribution in [0.15, 0.2) is 146 Å². The maximum absolute atomic E-state index is 13.8. The Kier molecular flexibility index (Phi) is 42.7. The van der Waals surface area contributed by atoms with Gasteiger partial charge in [0, 0.05) is 74.1 Å². The van der Waals surface area contributed by atoms with E-state index in [0.717, 1.165) is 126 Å². The summed E-state index contributed by atoms with van der Waals surface area (Å²) in [4.78, 5) is 36.0. The van der Waals surface area contributed by atoms with Gasteiger partial charge in [0.2, 0.25) is 0 Å². The van der Waals surface area contributed by atoms with Crippen LogP contribution in [0.3, 0.4) is 0 Å². The predicted molar refractivity (Wildman–Crippen MR) is 536 cm³/mol. The number of aliphatic hydroxyl groups excluding tert-OH is 3. The Morgan fingerprint density at radius 3 is 0.971 bits per heavy atom. The van der Waals surface area contributed by atoms with Gasteiger partial charge in [0.15, 0.2) is 6.67 Å². The summed E-state index contributed by atoms with van der Waals surface area (Å²) in [7, 11) is 0. The Morgan fingerprint density at radius 1 is 0.381 bits per heavy atom. The van der Waals surface area contributed by atoms with Crippen molar-refractivity contribution in [1.82, 2.24) is 31.9 Å². The van der Waals surface area contributed by atoms with Crippen LogP contribution in [0.4, 0.5) is 49.1 Å². The molecule has 5 aliphatic rings. The molecule has 139 heavy (non-hydrogen) atoms. The van der Waals surface area contributed by atoms with Crippen LogP contribution in [0.25, 0.3) is 0 Å². The minimum absolute atomic E-state index is 0. The molecule has 13 N–H and O–H groups in total. The largest absolute Gasteiger partial charge is 0.444 e. The van der Waals surface area contributed by atoms with Crippen LogP contribution in [-0.4, -0.2) is 126 Å². The van der Waals surface area contributed by atoms with Crippen molar-refractivity contribution in [3.05, 3.63) is 281 Å². The van der Waals surface area contributed by atoms with Crippen LogP contribution in [0.1, 0.15) is 297 Å². The third-order valence-electron chi connectivity index (χ3n) is 24.4. The number of benzene rings is 8. The summed E-state index contributed by atoms with van der Waals surface area (Å²) < 4.78 is 137. The van der Waals surface area contributed by atoms with Crippen molar-refractivity contribution in [3.63, 3.8) is 0 Å². The highest BCUT2D eigenvalue weighted by atomic mass is 19.2. The van der Waals surface area contributed by atoms with Crippen molar-refractivity contribution >= 4 is 18.1 Å². The van der Waals surface area contributed by atoms with E-state index in [0.29, 0.717) is 35.3 Å². The van der Waals surface area contributed by atoms with E-state index in [9.17, 15) is 69.2 Å². The molecule has 0 aromatic heterocycles. The number of nitrogens with one attached hydrogen (secondary N) is 6. The predicted octanol–water partition coefficient (Wildman–Crippen LogP) is 22.1. The third kappa shape index (κ3) is 41.0. The van der Waals surface area contributed by atoms with Crippen LogP contribution < -0.4 is 43.4 Å². The summed E-state index contributed by atoms with van der Waals surface area (Å²) in [5, 5.41) is 50.7. The number of ether oxygens (including phenoxy) is 3. The van der Waals surface area contributed by atoms with E-state index >= 15 is 0 Å². The van der Waals surface area contributed by atoms with Gasteiger partial charge in [0.25, 0.3) is 5.91 Å². The number of nitrogens with two attached hydrogens (primary N) is 2. The lowest BCUT2D eigenvalue weighted by atomic mass is 9.82. The van der Waals surface area contributed by atoms with Crippen molar-refractivity contribution in [2.24, 2.45) is 33.1 Å². The summed E-state index contributed by atoms with van der Waals surface area (Å²) in [5.41, 5.74) is 29.4. The van der Waals surface area contributed by atoms with Gasteiger partial charge in [-0.05, 0) is 329 Å². The number of fused-ring (bicyclic) bond motifs is 4. The smallest absolute Gasteiger partial charge is 0.407 e. The van der Waals surface area contributed by atoms with E-state index in [1.807, 2.05) is 0 Å². The SMILES string of the molecule is C.CC(C)(C)Cc1ccc2c(c1)[C@@H](N)CCC2.CC(C)(C)Cc1ccc2c(c1)[C@@H](NC[C@@H](O)[C@@H](N)Cc1cc(F)cc(F)c1)CCC2.CC(C)(C)Cc1ccc2c(c1)[C@@H](NC[C@@H](O)[C@H](Cc1cc(F)cc(F)c1)NC(=O)CF)CCC2.CC(C)(C)Cc1ccc2c(c1)[C@@H](NC[C@@H](O)[C@H](Cc1cc(F)cc(F)c1)NC(=O)OC(C)(C)C)CCC2.CC(C)(C)OC(=O)NC(Cc1cc(F)cc(F)c1)[C@H]1CO1. The van der Waals surface area contributed by atoms with Crippen molar-refractivity contribution in [3.8, 4) is 0 Å². The maximum atomic E-state index is 13.8. The first kappa shape index (κ1) is 115. The van der Waals surface area contributed by atoms with E-state index in [1.165, 1.54) is 116 Å². The molecule has 1 unspecified atom stereocenters. The monoisotopic (exact) mass is 1940 g/mol. The van der Waals surface area contributed by atoms with Crippen molar-refractivity contribution in [1.29, 1.82) is 0 Å². The number of rotatable bonds is 29. The van der Waals surface area contributed by atoms with Gasteiger partial charge in [-0.2, -0.15) is 0 Å². The number of carbonyl (C=O) groups excluding carboxylic acids is 3. The van der Waals surface area contributed by atoms with Gasteiger partial charge in [0.05, 0.1) is 43.0 Å². The highest BCUT2D eigenvalue weighted by Gasteiger charge is 2.37. The minimum atomic E-state index is -1.24. The van der Waals surface area contributed by atoms with E-state index in [2.05, 4.69) is 188 Å². The van der Waals surface area contributed by atoms with Crippen LogP contribution in [0.5, 0.6) is 0 Å². The average molecular weight is 1940 g/mol. The number of hydrogen-bond donors (Lipinski definition) is 11. The Morgan fingerprint density at radius 2 is 0.662 bits per heavy atom. The lowest BCUT2D eigenvalue weighted by Crippen LogP contribution is -2.50. The number of amides is 3. The summed E-state index contributed by atoms with van der Waals surface area (Å²) in [6.07, 6.45) is 13.0. The van der Waals surface area contributed by atoms with Crippen molar-refractivity contribution in [2.45, 2.75) is 344 Å². The van der Waals surface area contributed by atoms with E-state index in [1.54, 1.807) is 41.5 Å². The lowest BCUT2D eigenvalue weighted by molar-refractivity contribution is -0.123. The molecule has 1 heterocycles. The molecule has 13 rings (SSSR count). The maximum Gasteiger partial charge on any atom is 0.407 e. The molecular weight excluding hydrogens is 1780 g/mol. The molecule has 0 bridgehead atoms. The van der Waals surface area contributed by atoms with Crippen molar-refractivity contribution in [2.75, 3.05) is 32.9 Å². The standard InChI is InChI=1S/C30H42F2N2O3.C27H35F3N2O2.C25H34F2N2O.C15H19F2NO3.C15H23N.CH4/c1-29(2,3)17-19-10-11-21-8-7-9-25(24(21)14-19)33-18-27(35)26(34-28(36)37-30(4,5)6)15-20-12-22(31)16-23(32)13-20;1-27(2,3)14-17-7-8-19-5-4-6-23(22(19)11-17)31-16-25(33)24(32-26(34)15-28)12-18-9-20(29)13-21(30)10-18;1-25(2,3)14-16-7-8-18-5-4-6-23(21(18)11-16)29-15-24(30)22(28)12-17-9-19(26)13-20(27)10-17;1-15(2,3)21-14(19)18-12(13-8-20-13)6-9-4-10(16)7-11(17)5-9;1-15(2,3)10-11-7-8-12-5-4-6-14(16)13(12)9-11;/h10-14,16,25-27,33,35H,7-9,15,17-18H2,1-6H3,(H,34,36);7-11,13,23-25,31,33H,4-6,12,14-16H2,1-3H3,(H,32,34);7-11,13,22-24,29-30H,4-6,12,14-15,28H2,1-3H3;4-5,7,12-13H,6,8H2,1-3H3,(H,18,19);7-9,14H,4-6,10,16H2,1-3H3;1H4/t25-,26-,27+;23-,24-,25+;22-,23-,24+;12?,13-;14-;/m00010./s1. The third-order valence-corrected chi connectivity index (χ3v) is 24.4. The molecule has 12 atom stereocenters. The minimum Gasteiger partial charge on any atom is -0.444 e. The zero-order chi connectivity index (χ0) is 102. The van der Waals surface area contributed by atoms with Crippen LogP contribution in [0.2, 0.25) is 0 Å². The topological polar surface area (TPSA) is 267 Å². The molecule has 3 amide bonds. The van der Waals surface area contributed by atoms with Gasteiger partial charge in [-0.1, -0.05) is 163 Å². The molecule has 1 saturated heterocycles. The first-order valence-corrected chi connectivity index (χ1v) is 49.0. The summed E-state index contributed by atoms with van der Waals surface area (Å²) >= 11 is 0. The average Bonchev–Trinajstić information content (AvgIpc) is 0.949. The molecule has 26 heteroatoms. The number of epoxide rings is 1. The molecule has 766 valence electrons. The molecule has 0 saturated carbocycles. The Labute approximate surface area is 820 Å². The Bertz CT molecular complexity index is 5210.